The minimum Gasteiger partial charge on any atom is -0.368 e. The summed E-state index contributed by atoms with van der Waals surface area (Å²) in [6, 6.07) is 6.02. The number of hydrogen-bond acceptors (Lipinski definition) is 7. The van der Waals surface area contributed by atoms with Gasteiger partial charge in [-0.25, -0.2) is 9.97 Å². The molecule has 0 radical (unpaired) electrons. The van der Waals surface area contributed by atoms with E-state index in [2.05, 4.69) is 55.1 Å². The topological polar surface area (TPSA) is 104 Å². The van der Waals surface area contributed by atoms with Gasteiger partial charge >= 0.3 is 0 Å². The molecule has 1 fully saturated rings. The van der Waals surface area contributed by atoms with Gasteiger partial charge in [0, 0.05) is 31.1 Å². The molecule has 1 aliphatic carbocycles. The molecular weight excluding hydrogens is 340 g/mol. The van der Waals surface area contributed by atoms with Gasteiger partial charge in [0.05, 0.1) is 17.5 Å². The quantitative estimate of drug-likeness (QED) is 0.739. The zero-order chi connectivity index (χ0) is 18.6. The first-order valence-corrected chi connectivity index (χ1v) is 9.17. The molecule has 8 heteroatoms. The van der Waals surface area contributed by atoms with Crippen LogP contribution in [0.1, 0.15) is 43.3 Å². The summed E-state index contributed by atoms with van der Waals surface area (Å²) >= 11 is 0. The van der Waals surface area contributed by atoms with Crippen LogP contribution in [-0.2, 0) is 6.42 Å². The Morgan fingerprint density at radius 3 is 2.89 bits per heavy atom. The van der Waals surface area contributed by atoms with Crippen LogP contribution in [-0.4, -0.2) is 37.2 Å². The molecule has 27 heavy (non-hydrogen) atoms. The Balaban J connectivity index is 1.42. The van der Waals surface area contributed by atoms with Crippen molar-refractivity contribution in [2.75, 3.05) is 17.2 Å². The Hall–Kier alpha value is -3.21. The van der Waals surface area contributed by atoms with Gasteiger partial charge in [-0.1, -0.05) is 13.8 Å². The van der Waals surface area contributed by atoms with E-state index in [1.165, 1.54) is 5.69 Å². The maximum absolute atomic E-state index is 8.91. The fraction of sp³-hybridized carbons (Fsp3) is 0.421. The first kappa shape index (κ1) is 16.0. The second-order valence-corrected chi connectivity index (χ2v) is 7.83. The van der Waals surface area contributed by atoms with E-state index < -0.39 is 0 Å². The number of fused-ring (bicyclic) bond motifs is 3. The summed E-state index contributed by atoms with van der Waals surface area (Å²) in [7, 11) is 0. The average molecular weight is 360 g/mol. The molecule has 2 N–H and O–H groups in total. The molecule has 0 bridgehead atoms. The molecule has 1 aliphatic heterocycles. The van der Waals surface area contributed by atoms with Crippen molar-refractivity contribution in [1.82, 2.24) is 24.6 Å². The molecule has 5 rings (SSSR count). The summed E-state index contributed by atoms with van der Waals surface area (Å²) in [6.45, 7) is 5.41. The lowest BCUT2D eigenvalue weighted by Gasteiger charge is -2.51. The van der Waals surface area contributed by atoms with E-state index in [1.54, 1.807) is 18.5 Å². The van der Waals surface area contributed by atoms with Crippen LogP contribution in [0, 0.1) is 16.7 Å². The average Bonchev–Trinajstić information content (AvgIpc) is 3.31. The Kier molecular flexibility index (Phi) is 3.34. The predicted molar refractivity (Wildman–Crippen MR) is 100 cm³/mol. The molecule has 2 aliphatic rings. The van der Waals surface area contributed by atoms with Crippen molar-refractivity contribution in [3.63, 3.8) is 0 Å². The van der Waals surface area contributed by atoms with Crippen LogP contribution in [0.3, 0.4) is 0 Å². The van der Waals surface area contributed by atoms with E-state index in [0.29, 0.717) is 11.5 Å². The van der Waals surface area contributed by atoms with Crippen molar-refractivity contribution >= 4 is 17.3 Å². The summed E-state index contributed by atoms with van der Waals surface area (Å²) in [5, 5.41) is 24.6. The number of anilines is 2. The van der Waals surface area contributed by atoms with Gasteiger partial charge < -0.3 is 10.6 Å². The zero-order valence-corrected chi connectivity index (χ0v) is 15.3. The maximum Gasteiger partial charge on any atom is 0.179 e. The largest absolute Gasteiger partial charge is 0.368 e. The van der Waals surface area contributed by atoms with E-state index in [4.69, 9.17) is 5.26 Å². The van der Waals surface area contributed by atoms with E-state index in [0.717, 1.165) is 42.5 Å². The monoisotopic (exact) mass is 360 g/mol. The maximum atomic E-state index is 8.91. The molecular formula is C19H20N8. The van der Waals surface area contributed by atoms with Crippen molar-refractivity contribution in [2.24, 2.45) is 5.41 Å². The molecule has 3 aromatic rings. The summed E-state index contributed by atoms with van der Waals surface area (Å²) in [5.41, 5.74) is 2.56. The first-order chi connectivity index (χ1) is 13.1. The number of rotatable bonds is 3. The van der Waals surface area contributed by atoms with Gasteiger partial charge in [-0.3, -0.25) is 4.40 Å². The van der Waals surface area contributed by atoms with E-state index in [1.807, 2.05) is 6.07 Å². The number of nitrogens with zero attached hydrogens (tertiary/aromatic N) is 6. The van der Waals surface area contributed by atoms with E-state index in [-0.39, 0.29) is 11.5 Å². The molecule has 2 atom stereocenters. The van der Waals surface area contributed by atoms with Gasteiger partial charge in [0.1, 0.15) is 23.5 Å². The SMILES string of the molecule is CC1(C)[C@@H](Nc2ccc(C#N)cn2)C[C@H]1c1nnc2cnc3c(n12)CCN3. The van der Waals surface area contributed by atoms with Crippen molar-refractivity contribution in [3.8, 4) is 6.07 Å². The lowest BCUT2D eigenvalue weighted by molar-refractivity contribution is 0.105. The minimum atomic E-state index is 0.000724. The van der Waals surface area contributed by atoms with Crippen molar-refractivity contribution in [2.45, 2.75) is 38.6 Å². The molecule has 3 aromatic heterocycles. The van der Waals surface area contributed by atoms with E-state index >= 15 is 0 Å². The van der Waals surface area contributed by atoms with Crippen LogP contribution in [0.2, 0.25) is 0 Å². The first-order valence-electron chi connectivity index (χ1n) is 9.17. The highest BCUT2D eigenvalue weighted by molar-refractivity contribution is 5.53. The fourth-order valence-corrected chi connectivity index (χ4v) is 4.21. The Bertz CT molecular complexity index is 1060. The third-order valence-corrected chi connectivity index (χ3v) is 6.01. The molecule has 0 spiro atoms. The third-order valence-electron chi connectivity index (χ3n) is 6.01. The Morgan fingerprint density at radius 2 is 2.15 bits per heavy atom. The summed E-state index contributed by atoms with van der Waals surface area (Å²) in [4.78, 5) is 8.79. The van der Waals surface area contributed by atoms with Crippen LogP contribution >= 0.6 is 0 Å². The van der Waals surface area contributed by atoms with Gasteiger partial charge in [0.25, 0.3) is 0 Å². The molecule has 0 amide bonds. The summed E-state index contributed by atoms with van der Waals surface area (Å²) in [5.74, 6) is 3.06. The lowest BCUT2D eigenvalue weighted by Crippen LogP contribution is -2.52. The molecule has 8 nitrogen and oxygen atoms in total. The Morgan fingerprint density at radius 1 is 1.26 bits per heavy atom. The molecule has 4 heterocycles. The fourth-order valence-electron chi connectivity index (χ4n) is 4.21. The Labute approximate surface area is 156 Å². The predicted octanol–water partition coefficient (Wildman–Crippen LogP) is 2.35. The van der Waals surface area contributed by atoms with Gasteiger partial charge in [-0.2, -0.15) is 5.26 Å². The number of nitriles is 1. The van der Waals surface area contributed by atoms with Crippen LogP contribution < -0.4 is 10.6 Å². The number of nitrogens with one attached hydrogen (secondary N) is 2. The van der Waals surface area contributed by atoms with Crippen LogP contribution in [0.25, 0.3) is 5.65 Å². The number of hydrogen-bond donors (Lipinski definition) is 2. The highest BCUT2D eigenvalue weighted by Crippen LogP contribution is 2.53. The normalized spacial score (nSPS) is 22.6. The standard InChI is InChI=1S/C19H20N8/c1-19(2)12(7-14(19)24-15-4-3-11(8-20)9-22-15)18-26-25-16-10-23-17-13(27(16)18)5-6-21-17/h3-4,9-10,12,14,21H,5-7H2,1-2H3,(H,22,24)/t12-,14-/m0/s1. The van der Waals surface area contributed by atoms with Crippen LogP contribution in [0.5, 0.6) is 0 Å². The van der Waals surface area contributed by atoms with Crippen molar-refractivity contribution in [1.29, 1.82) is 5.26 Å². The third kappa shape index (κ3) is 2.35. The van der Waals surface area contributed by atoms with Gasteiger partial charge in [-0.05, 0) is 24.0 Å². The second kappa shape index (κ2) is 5.64. The lowest BCUT2D eigenvalue weighted by atomic mass is 9.58. The zero-order valence-electron chi connectivity index (χ0n) is 15.3. The molecule has 0 saturated heterocycles. The van der Waals surface area contributed by atoms with Gasteiger partial charge in [0.15, 0.2) is 5.65 Å². The number of aromatic nitrogens is 5. The number of pyridine rings is 1. The van der Waals surface area contributed by atoms with Crippen LogP contribution in [0.15, 0.2) is 24.5 Å². The molecule has 136 valence electrons. The van der Waals surface area contributed by atoms with Crippen molar-refractivity contribution < 1.29 is 0 Å². The highest BCUT2D eigenvalue weighted by Gasteiger charge is 2.51. The molecule has 1 saturated carbocycles. The smallest absolute Gasteiger partial charge is 0.179 e. The van der Waals surface area contributed by atoms with E-state index in [9.17, 15) is 0 Å². The van der Waals surface area contributed by atoms with Gasteiger partial charge in [0.2, 0.25) is 0 Å². The minimum absolute atomic E-state index is 0.000724. The highest BCUT2D eigenvalue weighted by atomic mass is 15.3. The van der Waals surface area contributed by atoms with Gasteiger partial charge in [-0.15, -0.1) is 10.2 Å². The second-order valence-electron chi connectivity index (χ2n) is 7.83. The van der Waals surface area contributed by atoms with Crippen molar-refractivity contribution in [3.05, 3.63) is 41.6 Å². The summed E-state index contributed by atoms with van der Waals surface area (Å²) in [6.07, 6.45) is 5.28. The molecule has 0 unspecified atom stereocenters. The molecule has 0 aromatic carbocycles. The van der Waals surface area contributed by atoms with Crippen LogP contribution in [0.4, 0.5) is 11.6 Å². The summed E-state index contributed by atoms with van der Waals surface area (Å²) < 4.78 is 2.19.